The van der Waals surface area contributed by atoms with Gasteiger partial charge in [-0.1, -0.05) is 17.7 Å². The summed E-state index contributed by atoms with van der Waals surface area (Å²) in [5, 5.41) is 23.0. The highest BCUT2D eigenvalue weighted by Crippen LogP contribution is 2.26. The number of nitrogens with zero attached hydrogens (tertiary/aromatic N) is 5. The second-order valence-electron chi connectivity index (χ2n) is 6.91. The average Bonchev–Trinajstić information content (AvgIpc) is 3.43. The van der Waals surface area contributed by atoms with Crippen LogP contribution in [0.5, 0.6) is 0 Å². The van der Waals surface area contributed by atoms with Crippen LogP contribution in [0.3, 0.4) is 0 Å². The molecule has 4 rings (SSSR count). The SMILES string of the molecule is Cl.O=[N+]([O-])/C(=C/c1ccc(-c2ccc([N+](=O)[O-])cc2)o1)C1=NCCN1Cc1ccc(Cl)nc1. The van der Waals surface area contributed by atoms with Crippen molar-refractivity contribution < 1.29 is 14.3 Å². The monoisotopic (exact) mass is 489 g/mol. The fraction of sp³-hybridized carbons (Fsp3) is 0.143. The lowest BCUT2D eigenvalue weighted by Gasteiger charge is -2.18. The van der Waals surface area contributed by atoms with E-state index in [1.165, 1.54) is 18.2 Å². The Morgan fingerprint density at radius 2 is 1.88 bits per heavy atom. The van der Waals surface area contributed by atoms with E-state index in [0.29, 0.717) is 36.1 Å². The molecule has 0 N–H and O–H groups in total. The normalized spacial score (nSPS) is 13.4. The summed E-state index contributed by atoms with van der Waals surface area (Å²) in [5.74, 6) is 0.970. The highest BCUT2D eigenvalue weighted by atomic mass is 35.5. The number of nitro groups is 2. The summed E-state index contributed by atoms with van der Waals surface area (Å²) in [6.45, 7) is 1.38. The van der Waals surface area contributed by atoms with Crippen LogP contribution < -0.4 is 0 Å². The number of halogens is 2. The largest absolute Gasteiger partial charge is 0.456 e. The fourth-order valence-corrected chi connectivity index (χ4v) is 3.38. The Kier molecular flexibility index (Phi) is 7.41. The molecule has 3 heterocycles. The Morgan fingerprint density at radius 1 is 1.12 bits per heavy atom. The minimum atomic E-state index is -0.495. The van der Waals surface area contributed by atoms with E-state index < -0.39 is 9.85 Å². The van der Waals surface area contributed by atoms with Gasteiger partial charge in [0.2, 0.25) is 5.84 Å². The van der Waals surface area contributed by atoms with Gasteiger partial charge in [-0.3, -0.25) is 25.2 Å². The van der Waals surface area contributed by atoms with Crippen molar-refractivity contribution in [2.75, 3.05) is 13.1 Å². The van der Waals surface area contributed by atoms with Crippen molar-refractivity contribution in [3.8, 4) is 11.3 Å². The van der Waals surface area contributed by atoms with Gasteiger partial charge in [-0.05, 0) is 35.9 Å². The molecule has 170 valence electrons. The summed E-state index contributed by atoms with van der Waals surface area (Å²) < 4.78 is 5.73. The Bertz CT molecular complexity index is 1220. The molecule has 0 saturated carbocycles. The Balaban J connectivity index is 0.00000306. The molecule has 0 amide bonds. The molecule has 0 unspecified atom stereocenters. The van der Waals surface area contributed by atoms with Crippen LogP contribution in [0.2, 0.25) is 5.15 Å². The van der Waals surface area contributed by atoms with Gasteiger partial charge in [-0.15, -0.1) is 12.4 Å². The third-order valence-electron chi connectivity index (χ3n) is 4.79. The molecule has 0 fully saturated rings. The minimum Gasteiger partial charge on any atom is -0.456 e. The average molecular weight is 490 g/mol. The molecule has 10 nitrogen and oxygen atoms in total. The first-order valence-corrected chi connectivity index (χ1v) is 9.89. The molecule has 0 bridgehead atoms. The van der Waals surface area contributed by atoms with E-state index >= 15 is 0 Å². The minimum absolute atomic E-state index is 0. The molecule has 3 aromatic rings. The number of pyridine rings is 1. The quantitative estimate of drug-likeness (QED) is 0.263. The van der Waals surface area contributed by atoms with Crippen molar-refractivity contribution in [1.82, 2.24) is 9.88 Å². The van der Waals surface area contributed by atoms with Gasteiger partial charge in [0.05, 0.1) is 22.5 Å². The predicted octanol–water partition coefficient (Wildman–Crippen LogP) is 4.86. The van der Waals surface area contributed by atoms with E-state index in [2.05, 4.69) is 9.98 Å². The van der Waals surface area contributed by atoms with Crippen LogP contribution in [0.25, 0.3) is 17.4 Å². The lowest BCUT2D eigenvalue weighted by Crippen LogP contribution is -2.30. The summed E-state index contributed by atoms with van der Waals surface area (Å²) in [5.41, 5.74) is 1.25. The number of rotatable bonds is 7. The lowest BCUT2D eigenvalue weighted by atomic mass is 10.1. The number of aliphatic imine (C=N–C) groups is 1. The summed E-state index contributed by atoms with van der Waals surface area (Å²) in [7, 11) is 0. The van der Waals surface area contributed by atoms with Gasteiger partial charge in [0, 0.05) is 37.0 Å². The Labute approximate surface area is 198 Å². The molecular formula is C21H17Cl2N5O5. The van der Waals surface area contributed by atoms with Crippen molar-refractivity contribution in [1.29, 1.82) is 0 Å². The predicted molar refractivity (Wildman–Crippen MR) is 125 cm³/mol. The zero-order valence-electron chi connectivity index (χ0n) is 17.0. The standard InChI is InChI=1S/C21H16ClN5O5.ClH/c22-20-8-1-14(12-24-20)13-25-10-9-23-21(25)18(27(30)31)11-17-6-7-19(32-17)15-2-4-16(5-3-15)26(28)29;/h1-8,11-12H,9-10,13H2;1H/b18-11+;. The van der Waals surface area contributed by atoms with Gasteiger partial charge in [-0.25, -0.2) is 4.98 Å². The smallest absolute Gasteiger partial charge is 0.314 e. The topological polar surface area (TPSA) is 128 Å². The molecule has 0 saturated heterocycles. The molecule has 33 heavy (non-hydrogen) atoms. The van der Waals surface area contributed by atoms with E-state index in [1.807, 2.05) is 6.07 Å². The molecule has 2 aromatic heterocycles. The highest BCUT2D eigenvalue weighted by molar-refractivity contribution is 6.29. The zero-order chi connectivity index (χ0) is 22.7. The van der Waals surface area contributed by atoms with Crippen LogP contribution in [0.4, 0.5) is 5.69 Å². The van der Waals surface area contributed by atoms with Crippen molar-refractivity contribution in [3.63, 3.8) is 0 Å². The molecule has 0 radical (unpaired) electrons. The third-order valence-corrected chi connectivity index (χ3v) is 5.01. The summed E-state index contributed by atoms with van der Waals surface area (Å²) in [6, 6.07) is 12.6. The summed E-state index contributed by atoms with van der Waals surface area (Å²) in [4.78, 5) is 31.8. The van der Waals surface area contributed by atoms with E-state index in [9.17, 15) is 20.2 Å². The number of amidine groups is 1. The number of aromatic nitrogens is 1. The number of benzene rings is 1. The molecule has 1 aliphatic rings. The maximum atomic E-state index is 11.8. The number of non-ortho nitro benzene ring substituents is 1. The number of hydrogen-bond donors (Lipinski definition) is 0. The Hall–Kier alpha value is -3.76. The molecule has 0 atom stereocenters. The first-order valence-electron chi connectivity index (χ1n) is 9.51. The molecule has 0 spiro atoms. The highest BCUT2D eigenvalue weighted by Gasteiger charge is 2.29. The zero-order valence-corrected chi connectivity index (χ0v) is 18.5. The second kappa shape index (κ2) is 10.2. The van der Waals surface area contributed by atoms with Crippen LogP contribution >= 0.6 is 24.0 Å². The fourth-order valence-electron chi connectivity index (χ4n) is 3.27. The van der Waals surface area contributed by atoms with Crippen LogP contribution in [0.1, 0.15) is 11.3 Å². The number of furan rings is 1. The van der Waals surface area contributed by atoms with Crippen molar-refractivity contribution in [3.05, 3.63) is 97.1 Å². The second-order valence-corrected chi connectivity index (χ2v) is 7.30. The van der Waals surface area contributed by atoms with Gasteiger partial charge in [0.25, 0.3) is 5.69 Å². The van der Waals surface area contributed by atoms with Crippen LogP contribution in [-0.2, 0) is 6.54 Å². The first-order chi connectivity index (χ1) is 15.4. The number of nitro benzene ring substituents is 1. The van der Waals surface area contributed by atoms with E-state index in [0.717, 1.165) is 5.56 Å². The Morgan fingerprint density at radius 3 is 2.52 bits per heavy atom. The lowest BCUT2D eigenvalue weighted by molar-refractivity contribution is -0.414. The van der Waals surface area contributed by atoms with E-state index in [4.69, 9.17) is 16.0 Å². The third kappa shape index (κ3) is 5.54. The van der Waals surface area contributed by atoms with Gasteiger partial charge < -0.3 is 9.32 Å². The summed E-state index contributed by atoms with van der Waals surface area (Å²) in [6.07, 6.45) is 2.95. The maximum absolute atomic E-state index is 11.8. The van der Waals surface area contributed by atoms with Crippen molar-refractivity contribution in [2.24, 2.45) is 4.99 Å². The van der Waals surface area contributed by atoms with E-state index in [1.54, 1.807) is 41.4 Å². The van der Waals surface area contributed by atoms with Gasteiger partial charge >= 0.3 is 5.70 Å². The molecule has 12 heteroatoms. The van der Waals surface area contributed by atoms with Gasteiger partial charge in [0.15, 0.2) is 0 Å². The molecule has 1 aliphatic heterocycles. The molecule has 0 aliphatic carbocycles. The van der Waals surface area contributed by atoms with Crippen LogP contribution in [-0.4, -0.2) is 38.7 Å². The molecule has 1 aromatic carbocycles. The number of hydrogen-bond acceptors (Lipinski definition) is 8. The van der Waals surface area contributed by atoms with Gasteiger partial charge in [0.1, 0.15) is 16.7 Å². The van der Waals surface area contributed by atoms with Crippen molar-refractivity contribution >= 4 is 41.6 Å². The molecular weight excluding hydrogens is 473 g/mol. The van der Waals surface area contributed by atoms with E-state index in [-0.39, 0.29) is 35.4 Å². The van der Waals surface area contributed by atoms with Crippen LogP contribution in [0.15, 0.2) is 69.8 Å². The van der Waals surface area contributed by atoms with Crippen molar-refractivity contribution in [2.45, 2.75) is 6.54 Å². The first kappa shape index (κ1) is 23.9. The van der Waals surface area contributed by atoms with Gasteiger partial charge in [-0.2, -0.15) is 0 Å². The maximum Gasteiger partial charge on any atom is 0.314 e. The summed E-state index contributed by atoms with van der Waals surface area (Å²) >= 11 is 5.82. The van der Waals surface area contributed by atoms with Crippen LogP contribution in [0, 0.1) is 20.2 Å².